The zero-order chi connectivity index (χ0) is 59.2. The standard InChI is InChI=1S/C64H84N10O8/c1-11-66-38(3)56(76)72-53(63(4,5)6)61(81)73-35-44-32-45(31-30-43(44)33-51(73)59(79)69-49-24-16-20-39-18-12-14-22-47(39)49)67-57(77)41-26-28-42(29-27-41)58(78)68-46-34-52(60(80)70-50-25-17-21-40-19-13-15-23-48(40)50)74(36-46)62(82)54(64(7,8)9)71-55(75)37(2)65-10/h12-15,18-19,22-23,26-32,37-38,46,49-54,65-66H,11,16-17,20-21,24-25,33-36H2,1-10H3,(H,67,77)(H,68,78)(H,69,79)(H,70,80)(H,71,75)(H,72,76)/t37-,38-,46?,49?,50?,51?,52?,53?,54?/m0/s1. The zero-order valence-electron chi connectivity index (χ0n) is 49.3. The third-order valence-electron chi connectivity index (χ3n) is 16.7. The highest BCUT2D eigenvalue weighted by molar-refractivity contribution is 6.05. The molecule has 7 unspecified atom stereocenters. The van der Waals surface area contributed by atoms with E-state index in [4.69, 9.17) is 0 Å². The van der Waals surface area contributed by atoms with Gasteiger partial charge < -0.3 is 52.3 Å². The molecule has 9 atom stereocenters. The number of fused-ring (bicyclic) bond motifs is 3. The normalized spacial score (nSPS) is 21.0. The molecular formula is C64H84N10O8. The summed E-state index contributed by atoms with van der Waals surface area (Å²) in [4.78, 5) is 116. The lowest BCUT2D eigenvalue weighted by Gasteiger charge is -2.42. The molecule has 0 spiro atoms. The Labute approximate surface area is 482 Å². The van der Waals surface area contributed by atoms with Crippen LogP contribution in [0.3, 0.4) is 0 Å². The first-order chi connectivity index (χ1) is 38.9. The Hall–Kier alpha value is -7.44. The molecule has 8 N–H and O–H groups in total. The van der Waals surface area contributed by atoms with Crippen LogP contribution in [0.4, 0.5) is 5.69 Å². The van der Waals surface area contributed by atoms with Crippen molar-refractivity contribution in [1.82, 2.24) is 47.0 Å². The second-order valence-corrected chi connectivity index (χ2v) is 24.8. The fourth-order valence-electron chi connectivity index (χ4n) is 11.8. The van der Waals surface area contributed by atoms with Crippen molar-refractivity contribution in [1.29, 1.82) is 0 Å². The molecule has 18 heteroatoms. The van der Waals surface area contributed by atoms with Gasteiger partial charge >= 0.3 is 0 Å². The Bertz CT molecular complexity index is 3040. The molecule has 438 valence electrons. The average molecular weight is 1120 g/mol. The molecule has 4 aliphatic rings. The molecule has 2 heterocycles. The summed E-state index contributed by atoms with van der Waals surface area (Å²) >= 11 is 0. The van der Waals surface area contributed by atoms with Crippen molar-refractivity contribution in [3.8, 4) is 0 Å². The lowest BCUT2D eigenvalue weighted by atomic mass is 9.83. The van der Waals surface area contributed by atoms with Crippen LogP contribution in [-0.4, -0.2) is 119 Å². The number of hydrogen-bond acceptors (Lipinski definition) is 10. The van der Waals surface area contributed by atoms with Crippen LogP contribution in [0.2, 0.25) is 0 Å². The molecule has 8 rings (SSSR count). The Balaban J connectivity index is 0.973. The number of carbonyl (C=O) groups excluding carboxylic acids is 8. The molecule has 4 aromatic carbocycles. The van der Waals surface area contributed by atoms with Crippen LogP contribution in [0, 0.1) is 10.8 Å². The van der Waals surface area contributed by atoms with Crippen molar-refractivity contribution in [2.75, 3.05) is 25.5 Å². The molecule has 18 nitrogen and oxygen atoms in total. The monoisotopic (exact) mass is 1120 g/mol. The summed E-state index contributed by atoms with van der Waals surface area (Å²) in [5, 5.41) is 24.5. The maximum atomic E-state index is 15.0. The number of carbonyl (C=O) groups is 8. The lowest BCUT2D eigenvalue weighted by molar-refractivity contribution is -0.147. The van der Waals surface area contributed by atoms with Gasteiger partial charge in [0.25, 0.3) is 11.8 Å². The highest BCUT2D eigenvalue weighted by Crippen LogP contribution is 2.35. The summed E-state index contributed by atoms with van der Waals surface area (Å²) in [7, 11) is 1.66. The van der Waals surface area contributed by atoms with E-state index in [0.717, 1.165) is 60.8 Å². The number of benzene rings is 4. The number of anilines is 1. The molecule has 4 aromatic rings. The van der Waals surface area contributed by atoms with Gasteiger partial charge in [0, 0.05) is 42.4 Å². The Kier molecular flexibility index (Phi) is 19.1. The first-order valence-corrected chi connectivity index (χ1v) is 29.2. The summed E-state index contributed by atoms with van der Waals surface area (Å²) in [5.41, 5.74) is 5.59. The van der Waals surface area contributed by atoms with Gasteiger partial charge in [0.15, 0.2) is 0 Å². The van der Waals surface area contributed by atoms with Gasteiger partial charge in [-0.2, -0.15) is 0 Å². The molecule has 8 amide bonds. The number of amides is 8. The minimum Gasteiger partial charge on any atom is -0.347 e. The SMILES string of the molecule is CCN[C@@H](C)C(=O)NC(C(=O)N1Cc2cc(NC(=O)c3ccc(C(=O)NC4CC(C(=O)NC5CCCc6ccccc65)N(C(=O)C(NC(=O)[C@H](C)NC)C(C)(C)C)C4)cc3)ccc2CC1C(=O)NC1CCCc2ccccc21)C(C)(C)C. The number of nitrogens with zero attached hydrogens (tertiary/aromatic N) is 2. The van der Waals surface area contributed by atoms with Crippen LogP contribution in [0.1, 0.15) is 161 Å². The highest BCUT2D eigenvalue weighted by Gasteiger charge is 2.47. The summed E-state index contributed by atoms with van der Waals surface area (Å²) in [6.45, 7) is 17.2. The number of likely N-dealkylation sites (tertiary alicyclic amines) is 1. The fraction of sp³-hybridized carbons (Fsp3) is 0.500. The molecule has 1 fully saturated rings. The number of likely N-dealkylation sites (N-methyl/N-ethyl adjacent to an activating group) is 2. The fourth-order valence-corrected chi connectivity index (χ4v) is 11.8. The molecule has 0 aromatic heterocycles. The topological polar surface area (TPSA) is 239 Å². The summed E-state index contributed by atoms with van der Waals surface area (Å²) in [6.07, 6.45) is 5.50. The van der Waals surface area contributed by atoms with Crippen molar-refractivity contribution >= 4 is 52.9 Å². The Morgan fingerprint density at radius 3 is 1.63 bits per heavy atom. The number of nitrogens with one attached hydrogen (secondary N) is 8. The van der Waals surface area contributed by atoms with E-state index in [1.807, 2.05) is 90.9 Å². The minimum absolute atomic E-state index is 0.0221. The van der Waals surface area contributed by atoms with Gasteiger partial charge in [0.05, 0.1) is 24.2 Å². The molecule has 0 saturated carbocycles. The van der Waals surface area contributed by atoms with E-state index in [-0.39, 0.29) is 72.8 Å². The van der Waals surface area contributed by atoms with Gasteiger partial charge in [0.1, 0.15) is 24.2 Å². The zero-order valence-corrected chi connectivity index (χ0v) is 49.3. The first kappa shape index (κ1) is 60.7. The van der Waals surface area contributed by atoms with Crippen LogP contribution < -0.4 is 42.5 Å². The van der Waals surface area contributed by atoms with Gasteiger partial charge in [-0.25, -0.2) is 0 Å². The van der Waals surface area contributed by atoms with Crippen LogP contribution in [-0.2, 0) is 54.6 Å². The maximum absolute atomic E-state index is 15.0. The third kappa shape index (κ3) is 14.1. The number of aryl methyl sites for hydroxylation is 2. The Morgan fingerprint density at radius 1 is 0.585 bits per heavy atom. The summed E-state index contributed by atoms with van der Waals surface area (Å²) in [6, 6.07) is 21.7. The van der Waals surface area contributed by atoms with Crippen molar-refractivity contribution < 1.29 is 38.4 Å². The maximum Gasteiger partial charge on any atom is 0.255 e. The van der Waals surface area contributed by atoms with E-state index in [9.17, 15) is 38.4 Å². The average Bonchev–Trinajstić information content (AvgIpc) is 4.00. The van der Waals surface area contributed by atoms with Crippen molar-refractivity contribution in [3.05, 3.63) is 136 Å². The largest absolute Gasteiger partial charge is 0.347 e. The van der Waals surface area contributed by atoms with E-state index >= 15 is 0 Å². The highest BCUT2D eigenvalue weighted by atomic mass is 16.2. The van der Waals surface area contributed by atoms with Crippen molar-refractivity contribution in [3.63, 3.8) is 0 Å². The molecule has 2 aliphatic heterocycles. The van der Waals surface area contributed by atoms with Crippen LogP contribution in [0.25, 0.3) is 0 Å². The lowest BCUT2D eigenvalue weighted by Crippen LogP contribution is -2.62. The van der Waals surface area contributed by atoms with Crippen LogP contribution >= 0.6 is 0 Å². The predicted octanol–water partition coefficient (Wildman–Crippen LogP) is 5.95. The van der Waals surface area contributed by atoms with Gasteiger partial charge in [0.2, 0.25) is 35.4 Å². The van der Waals surface area contributed by atoms with Crippen molar-refractivity contribution in [2.45, 2.75) is 175 Å². The van der Waals surface area contributed by atoms with E-state index in [1.165, 1.54) is 28.2 Å². The number of hydrogen-bond donors (Lipinski definition) is 8. The predicted molar refractivity (Wildman–Crippen MR) is 315 cm³/mol. The first-order valence-electron chi connectivity index (χ1n) is 29.2. The molecule has 1 saturated heterocycles. The van der Waals surface area contributed by atoms with Crippen LogP contribution in [0.5, 0.6) is 0 Å². The third-order valence-corrected chi connectivity index (χ3v) is 16.7. The van der Waals surface area contributed by atoms with Gasteiger partial charge in [-0.1, -0.05) is 103 Å². The van der Waals surface area contributed by atoms with Gasteiger partial charge in [-0.05, 0) is 153 Å². The molecule has 2 aliphatic carbocycles. The van der Waals surface area contributed by atoms with Crippen molar-refractivity contribution in [2.24, 2.45) is 10.8 Å². The van der Waals surface area contributed by atoms with Gasteiger partial charge in [-0.15, -0.1) is 0 Å². The molecule has 0 bridgehead atoms. The minimum atomic E-state index is -0.977. The second kappa shape index (κ2) is 25.8. The van der Waals surface area contributed by atoms with E-state index in [2.05, 4.69) is 54.7 Å². The van der Waals surface area contributed by atoms with Crippen LogP contribution in [0.15, 0.2) is 91.0 Å². The van der Waals surface area contributed by atoms with E-state index in [1.54, 1.807) is 50.1 Å². The molecule has 0 radical (unpaired) electrons. The Morgan fingerprint density at radius 2 is 1.10 bits per heavy atom. The molecular weight excluding hydrogens is 1040 g/mol. The van der Waals surface area contributed by atoms with E-state index in [0.29, 0.717) is 12.2 Å². The second-order valence-electron chi connectivity index (χ2n) is 24.8. The number of rotatable bonds is 17. The smallest absolute Gasteiger partial charge is 0.255 e. The van der Waals surface area contributed by atoms with Gasteiger partial charge in [-0.3, -0.25) is 38.4 Å². The van der Waals surface area contributed by atoms with E-state index < -0.39 is 76.8 Å². The summed E-state index contributed by atoms with van der Waals surface area (Å²) in [5.74, 6) is -3.04. The quantitative estimate of drug-likeness (QED) is 0.0619. The molecule has 82 heavy (non-hydrogen) atoms. The summed E-state index contributed by atoms with van der Waals surface area (Å²) < 4.78 is 0.